The minimum Gasteiger partial charge on any atom is -0.224 e. The van der Waals surface area contributed by atoms with Crippen LogP contribution in [0, 0.1) is 10.5 Å². The van der Waals surface area contributed by atoms with Crippen LogP contribution in [-0.2, 0) is 16.3 Å². The molecule has 2 aromatic rings. The van der Waals surface area contributed by atoms with Crippen molar-refractivity contribution >= 4 is 32.4 Å². The molecule has 0 unspecified atom stereocenters. The molecule has 4 heteroatoms. The Morgan fingerprint density at radius 2 is 1.74 bits per heavy atom. The number of hydrogen-bond donors (Lipinski definition) is 0. The summed E-state index contributed by atoms with van der Waals surface area (Å²) in [4.78, 5) is 0.388. The van der Waals surface area contributed by atoms with Gasteiger partial charge in [0.05, 0.1) is 4.90 Å². The van der Waals surface area contributed by atoms with Gasteiger partial charge in [0, 0.05) is 9.83 Å². The minimum absolute atomic E-state index is 0.388. The van der Waals surface area contributed by atoms with Crippen LogP contribution in [0.15, 0.2) is 47.4 Å². The first kappa shape index (κ1) is 14.5. The molecule has 0 bridgehead atoms. The van der Waals surface area contributed by atoms with E-state index >= 15 is 0 Å². The zero-order valence-electron chi connectivity index (χ0n) is 10.9. The number of hydrogen-bond acceptors (Lipinski definition) is 2. The van der Waals surface area contributed by atoms with E-state index in [0.717, 1.165) is 17.5 Å². The molecule has 19 heavy (non-hydrogen) atoms. The fourth-order valence-electron chi connectivity index (χ4n) is 1.92. The Hall–Kier alpha value is -0.880. The highest BCUT2D eigenvalue weighted by Crippen LogP contribution is 2.21. The topological polar surface area (TPSA) is 34.1 Å². The monoisotopic (exact) mass is 386 g/mol. The smallest absolute Gasteiger partial charge is 0.175 e. The lowest BCUT2D eigenvalue weighted by molar-refractivity contribution is 0.601. The normalized spacial score (nSPS) is 11.5. The van der Waals surface area contributed by atoms with Crippen LogP contribution in [0.4, 0.5) is 0 Å². The van der Waals surface area contributed by atoms with Crippen molar-refractivity contribution in [2.24, 2.45) is 0 Å². The van der Waals surface area contributed by atoms with Crippen molar-refractivity contribution < 1.29 is 8.42 Å². The Balaban J connectivity index is 2.43. The van der Waals surface area contributed by atoms with Crippen LogP contribution in [0.3, 0.4) is 0 Å². The van der Waals surface area contributed by atoms with Crippen molar-refractivity contribution in [1.82, 2.24) is 0 Å². The summed E-state index contributed by atoms with van der Waals surface area (Å²) in [6.45, 7) is 2.01. The zero-order chi connectivity index (χ0) is 14.0. The third kappa shape index (κ3) is 3.57. The Morgan fingerprint density at radius 1 is 1.05 bits per heavy atom. The highest BCUT2D eigenvalue weighted by atomic mass is 127. The van der Waals surface area contributed by atoms with Crippen LogP contribution in [0.2, 0.25) is 0 Å². The van der Waals surface area contributed by atoms with E-state index in [1.54, 1.807) is 12.1 Å². The third-order valence-corrected chi connectivity index (χ3v) is 5.25. The molecule has 100 valence electrons. The molecular weight excluding hydrogens is 371 g/mol. The van der Waals surface area contributed by atoms with Gasteiger partial charge in [-0.1, -0.05) is 24.3 Å². The van der Waals surface area contributed by atoms with Gasteiger partial charge in [-0.15, -0.1) is 0 Å². The lowest BCUT2D eigenvalue weighted by Crippen LogP contribution is -2.01. The predicted molar refractivity (Wildman–Crippen MR) is 86.3 cm³/mol. The molecule has 0 amide bonds. The number of benzene rings is 2. The molecule has 0 fully saturated rings. The highest BCUT2D eigenvalue weighted by molar-refractivity contribution is 14.1. The van der Waals surface area contributed by atoms with Gasteiger partial charge in [-0.3, -0.25) is 0 Å². The third-order valence-electron chi connectivity index (χ3n) is 3.09. The zero-order valence-corrected chi connectivity index (χ0v) is 13.8. The molecule has 0 atom stereocenters. The van der Waals surface area contributed by atoms with Crippen molar-refractivity contribution in [3.8, 4) is 0 Å². The summed E-state index contributed by atoms with van der Waals surface area (Å²) >= 11 is 2.31. The van der Waals surface area contributed by atoms with Crippen LogP contribution in [0.1, 0.15) is 16.7 Å². The van der Waals surface area contributed by atoms with E-state index in [-0.39, 0.29) is 0 Å². The lowest BCUT2D eigenvalue weighted by Gasteiger charge is -2.09. The SMILES string of the molecule is Cc1ccc(S(C)(=O)=O)cc1Cc1ccccc1I. The van der Waals surface area contributed by atoms with Crippen LogP contribution in [0.25, 0.3) is 0 Å². The van der Waals surface area contributed by atoms with Crippen LogP contribution in [0.5, 0.6) is 0 Å². The number of rotatable bonds is 3. The Kier molecular flexibility index (Phi) is 4.30. The summed E-state index contributed by atoms with van der Waals surface area (Å²) in [5, 5.41) is 0. The van der Waals surface area contributed by atoms with Gasteiger partial charge < -0.3 is 0 Å². The first-order chi connectivity index (χ1) is 8.88. The van der Waals surface area contributed by atoms with Gasteiger partial charge in [-0.2, -0.15) is 0 Å². The quantitative estimate of drug-likeness (QED) is 0.756. The van der Waals surface area contributed by atoms with Crippen molar-refractivity contribution in [1.29, 1.82) is 0 Å². The van der Waals surface area contributed by atoms with Crippen LogP contribution < -0.4 is 0 Å². The summed E-state index contributed by atoms with van der Waals surface area (Å²) in [5.41, 5.74) is 3.40. The fraction of sp³-hybridized carbons (Fsp3) is 0.200. The molecule has 0 heterocycles. The Morgan fingerprint density at radius 3 is 2.37 bits per heavy atom. The summed E-state index contributed by atoms with van der Waals surface area (Å²) in [6, 6.07) is 13.5. The second-order valence-electron chi connectivity index (χ2n) is 4.63. The van der Waals surface area contributed by atoms with E-state index in [1.807, 2.05) is 25.1 Å². The molecule has 2 rings (SSSR count). The summed E-state index contributed by atoms with van der Waals surface area (Å²) in [7, 11) is -3.15. The van der Waals surface area contributed by atoms with E-state index in [4.69, 9.17) is 0 Å². The highest BCUT2D eigenvalue weighted by Gasteiger charge is 2.10. The maximum atomic E-state index is 11.6. The van der Waals surface area contributed by atoms with Crippen molar-refractivity contribution in [3.05, 3.63) is 62.7 Å². The van der Waals surface area contributed by atoms with Gasteiger partial charge >= 0.3 is 0 Å². The van der Waals surface area contributed by atoms with Crippen molar-refractivity contribution in [2.75, 3.05) is 6.26 Å². The maximum absolute atomic E-state index is 11.6. The van der Waals surface area contributed by atoms with Gasteiger partial charge in [-0.25, -0.2) is 8.42 Å². The lowest BCUT2D eigenvalue weighted by atomic mass is 10.0. The number of halogens is 1. The van der Waals surface area contributed by atoms with Crippen LogP contribution >= 0.6 is 22.6 Å². The Bertz CT molecular complexity index is 706. The van der Waals surface area contributed by atoms with E-state index < -0.39 is 9.84 Å². The molecule has 0 aromatic heterocycles. The van der Waals surface area contributed by atoms with Gasteiger partial charge in [0.1, 0.15) is 0 Å². The number of sulfone groups is 1. The van der Waals surface area contributed by atoms with Crippen LogP contribution in [-0.4, -0.2) is 14.7 Å². The second-order valence-corrected chi connectivity index (χ2v) is 7.81. The molecule has 2 nitrogen and oxygen atoms in total. The standard InChI is InChI=1S/C15H15IO2S/c1-11-7-8-14(19(2,17)18)10-13(11)9-12-5-3-4-6-15(12)16/h3-8,10H,9H2,1-2H3. The van der Waals surface area contributed by atoms with Gasteiger partial charge in [0.25, 0.3) is 0 Å². The molecule has 2 aromatic carbocycles. The minimum atomic E-state index is -3.15. The average molecular weight is 386 g/mol. The predicted octanol–water partition coefficient (Wildman–Crippen LogP) is 3.59. The molecule has 0 aliphatic carbocycles. The van der Waals surface area contributed by atoms with E-state index in [0.29, 0.717) is 4.90 Å². The van der Waals surface area contributed by atoms with Crippen molar-refractivity contribution in [3.63, 3.8) is 0 Å². The first-order valence-electron chi connectivity index (χ1n) is 5.91. The first-order valence-corrected chi connectivity index (χ1v) is 8.88. The maximum Gasteiger partial charge on any atom is 0.175 e. The van der Waals surface area contributed by atoms with Crippen molar-refractivity contribution in [2.45, 2.75) is 18.2 Å². The van der Waals surface area contributed by atoms with E-state index in [1.165, 1.54) is 15.4 Å². The number of aryl methyl sites for hydroxylation is 1. The molecule has 0 saturated heterocycles. The molecule has 0 aliphatic heterocycles. The second kappa shape index (κ2) is 5.63. The molecule has 0 radical (unpaired) electrons. The average Bonchev–Trinajstić information content (AvgIpc) is 2.33. The summed E-state index contributed by atoms with van der Waals surface area (Å²) < 4.78 is 24.4. The summed E-state index contributed by atoms with van der Waals surface area (Å²) in [6.07, 6.45) is 2.00. The molecule has 0 aliphatic rings. The van der Waals surface area contributed by atoms with Gasteiger partial charge in [0.2, 0.25) is 0 Å². The summed E-state index contributed by atoms with van der Waals surface area (Å²) in [5.74, 6) is 0. The molecule has 0 spiro atoms. The largest absolute Gasteiger partial charge is 0.224 e. The van der Waals surface area contributed by atoms with E-state index in [9.17, 15) is 8.42 Å². The fourth-order valence-corrected chi connectivity index (χ4v) is 3.17. The van der Waals surface area contributed by atoms with E-state index in [2.05, 4.69) is 34.7 Å². The molecular formula is C15H15IO2S. The Labute approximate surface area is 127 Å². The van der Waals surface area contributed by atoms with Gasteiger partial charge in [0.15, 0.2) is 9.84 Å². The molecule has 0 saturated carbocycles. The van der Waals surface area contributed by atoms with Gasteiger partial charge in [-0.05, 0) is 70.8 Å². The molecule has 0 N–H and O–H groups in total.